The minimum absolute atomic E-state index is 0.256. The zero-order valence-electron chi connectivity index (χ0n) is 11.5. The molecule has 2 rings (SSSR count). The number of hydrogen-bond donors (Lipinski definition) is 1. The maximum absolute atomic E-state index is 10.6. The topological polar surface area (TPSA) is 66.3 Å². The van der Waals surface area contributed by atoms with Gasteiger partial charge in [-0.15, -0.1) is 0 Å². The Morgan fingerprint density at radius 2 is 2.16 bits per heavy atom. The van der Waals surface area contributed by atoms with Crippen molar-refractivity contribution in [3.8, 4) is 0 Å². The van der Waals surface area contributed by atoms with Crippen LogP contribution < -0.4 is 4.90 Å². The monoisotopic (exact) mass is 263 g/mol. The first kappa shape index (κ1) is 13.8. The van der Waals surface area contributed by atoms with E-state index in [1.54, 1.807) is 0 Å². The average Bonchev–Trinajstić information content (AvgIpc) is 2.85. The number of hydrogen-bond acceptors (Lipinski definition) is 4. The number of aromatic nitrogens is 2. The van der Waals surface area contributed by atoms with Gasteiger partial charge in [0.05, 0.1) is 0 Å². The predicted molar refractivity (Wildman–Crippen MR) is 73.3 cm³/mol. The van der Waals surface area contributed by atoms with Gasteiger partial charge in [-0.3, -0.25) is 4.79 Å². The largest absolute Gasteiger partial charge is 0.481 e. The fourth-order valence-electron chi connectivity index (χ4n) is 2.37. The Morgan fingerprint density at radius 3 is 2.74 bits per heavy atom. The van der Waals surface area contributed by atoms with E-state index in [9.17, 15) is 4.79 Å². The normalized spacial score (nSPS) is 19.1. The molecule has 19 heavy (non-hydrogen) atoms. The van der Waals surface area contributed by atoms with Gasteiger partial charge in [0.2, 0.25) is 5.95 Å². The lowest BCUT2D eigenvalue weighted by atomic mass is 10.0. The van der Waals surface area contributed by atoms with Crippen LogP contribution in [-0.4, -0.2) is 34.1 Å². The maximum Gasteiger partial charge on any atom is 0.303 e. The van der Waals surface area contributed by atoms with Crippen LogP contribution in [0.4, 0.5) is 5.95 Å². The van der Waals surface area contributed by atoms with Gasteiger partial charge in [-0.25, -0.2) is 9.97 Å². The second-order valence-electron chi connectivity index (χ2n) is 5.50. The molecular weight excluding hydrogens is 242 g/mol. The Kier molecular flexibility index (Phi) is 4.35. The Morgan fingerprint density at radius 1 is 1.47 bits per heavy atom. The van der Waals surface area contributed by atoms with Crippen LogP contribution in [0, 0.1) is 5.92 Å². The Bertz CT molecular complexity index is 431. The van der Waals surface area contributed by atoms with E-state index in [4.69, 9.17) is 5.11 Å². The van der Waals surface area contributed by atoms with E-state index >= 15 is 0 Å². The second-order valence-corrected chi connectivity index (χ2v) is 5.50. The summed E-state index contributed by atoms with van der Waals surface area (Å²) in [4.78, 5) is 21.5. The zero-order valence-corrected chi connectivity index (χ0v) is 11.5. The van der Waals surface area contributed by atoms with Crippen molar-refractivity contribution in [2.24, 2.45) is 5.92 Å². The molecule has 1 aromatic rings. The molecule has 104 valence electrons. The number of carboxylic acid groups (broad SMARTS) is 1. The van der Waals surface area contributed by atoms with E-state index < -0.39 is 5.97 Å². The van der Waals surface area contributed by atoms with Crippen LogP contribution in [-0.2, 0) is 4.79 Å². The second kappa shape index (κ2) is 5.99. The number of anilines is 1. The third-order valence-corrected chi connectivity index (χ3v) is 3.66. The molecule has 1 aromatic heterocycles. The quantitative estimate of drug-likeness (QED) is 0.883. The summed E-state index contributed by atoms with van der Waals surface area (Å²) in [6, 6.07) is 0. The van der Waals surface area contributed by atoms with Crippen LogP contribution >= 0.6 is 0 Å². The first-order valence-corrected chi connectivity index (χ1v) is 6.85. The van der Waals surface area contributed by atoms with Gasteiger partial charge in [-0.2, -0.15) is 0 Å². The highest BCUT2D eigenvalue weighted by molar-refractivity contribution is 5.66. The third kappa shape index (κ3) is 3.66. The van der Waals surface area contributed by atoms with E-state index in [1.807, 2.05) is 12.4 Å². The first-order chi connectivity index (χ1) is 9.06. The summed E-state index contributed by atoms with van der Waals surface area (Å²) in [5, 5.41) is 8.70. The lowest BCUT2D eigenvalue weighted by Crippen LogP contribution is -2.22. The first-order valence-electron chi connectivity index (χ1n) is 6.85. The molecule has 0 aliphatic carbocycles. The van der Waals surface area contributed by atoms with E-state index in [0.29, 0.717) is 11.8 Å². The molecule has 5 nitrogen and oxygen atoms in total. The number of aliphatic carboxylic acids is 1. The van der Waals surface area contributed by atoms with Crippen molar-refractivity contribution >= 4 is 11.9 Å². The summed E-state index contributed by atoms with van der Waals surface area (Å²) >= 11 is 0. The SMILES string of the molecule is CC(C)c1cnc(N2CCC(CCC(=O)O)C2)nc1. The van der Waals surface area contributed by atoms with Gasteiger partial charge in [0.1, 0.15) is 0 Å². The van der Waals surface area contributed by atoms with Crippen molar-refractivity contribution in [3.05, 3.63) is 18.0 Å². The number of carboxylic acids is 1. The highest BCUT2D eigenvalue weighted by atomic mass is 16.4. The molecule has 1 N–H and O–H groups in total. The standard InChI is InChI=1S/C14H21N3O2/c1-10(2)12-7-15-14(16-8-12)17-6-5-11(9-17)3-4-13(18)19/h7-8,10-11H,3-6,9H2,1-2H3,(H,18,19). The Hall–Kier alpha value is -1.65. The molecule has 0 spiro atoms. The minimum Gasteiger partial charge on any atom is -0.481 e. The summed E-state index contributed by atoms with van der Waals surface area (Å²) < 4.78 is 0. The predicted octanol–water partition coefficient (Wildman–Crippen LogP) is 2.29. The number of carbonyl (C=O) groups is 1. The van der Waals surface area contributed by atoms with Crippen LogP contribution in [0.5, 0.6) is 0 Å². The number of nitrogens with zero attached hydrogens (tertiary/aromatic N) is 3. The molecule has 2 heterocycles. The molecule has 0 bridgehead atoms. The smallest absolute Gasteiger partial charge is 0.303 e. The molecule has 0 aromatic carbocycles. The van der Waals surface area contributed by atoms with Crippen LogP contribution in [0.25, 0.3) is 0 Å². The van der Waals surface area contributed by atoms with Crippen LogP contribution in [0.1, 0.15) is 44.6 Å². The molecule has 1 atom stereocenters. The van der Waals surface area contributed by atoms with Crippen molar-refractivity contribution in [2.75, 3.05) is 18.0 Å². The highest BCUT2D eigenvalue weighted by Gasteiger charge is 2.24. The van der Waals surface area contributed by atoms with Crippen LogP contribution in [0.3, 0.4) is 0 Å². The highest BCUT2D eigenvalue weighted by Crippen LogP contribution is 2.24. The number of rotatable bonds is 5. The molecule has 0 radical (unpaired) electrons. The summed E-state index contributed by atoms with van der Waals surface area (Å²) in [6.07, 6.45) is 5.80. The molecule has 0 amide bonds. The molecular formula is C14H21N3O2. The maximum atomic E-state index is 10.6. The molecule has 5 heteroatoms. The van der Waals surface area contributed by atoms with Gasteiger partial charge >= 0.3 is 5.97 Å². The third-order valence-electron chi connectivity index (χ3n) is 3.66. The summed E-state index contributed by atoms with van der Waals surface area (Å²) in [6.45, 7) is 6.03. The lowest BCUT2D eigenvalue weighted by Gasteiger charge is -2.16. The fourth-order valence-corrected chi connectivity index (χ4v) is 2.37. The fraction of sp³-hybridized carbons (Fsp3) is 0.643. The molecule has 0 saturated carbocycles. The van der Waals surface area contributed by atoms with E-state index in [-0.39, 0.29) is 6.42 Å². The minimum atomic E-state index is -0.712. The van der Waals surface area contributed by atoms with Gasteiger partial charge in [-0.1, -0.05) is 13.8 Å². The van der Waals surface area contributed by atoms with Crippen molar-refractivity contribution in [3.63, 3.8) is 0 Å². The van der Waals surface area contributed by atoms with Gasteiger partial charge in [-0.05, 0) is 30.2 Å². The van der Waals surface area contributed by atoms with E-state index in [1.165, 1.54) is 0 Å². The summed E-state index contributed by atoms with van der Waals surface area (Å²) in [5.41, 5.74) is 1.14. The molecule has 1 fully saturated rings. The van der Waals surface area contributed by atoms with Crippen molar-refractivity contribution in [1.82, 2.24) is 9.97 Å². The van der Waals surface area contributed by atoms with Crippen molar-refractivity contribution in [2.45, 2.75) is 39.0 Å². The molecule has 1 aliphatic heterocycles. The van der Waals surface area contributed by atoms with Gasteiger partial charge in [0.25, 0.3) is 0 Å². The van der Waals surface area contributed by atoms with Crippen molar-refractivity contribution in [1.29, 1.82) is 0 Å². The van der Waals surface area contributed by atoms with Gasteiger partial charge in [0.15, 0.2) is 0 Å². The molecule has 1 aliphatic rings. The van der Waals surface area contributed by atoms with Gasteiger partial charge < -0.3 is 10.0 Å². The van der Waals surface area contributed by atoms with E-state index in [0.717, 1.165) is 37.4 Å². The Labute approximate surface area is 113 Å². The summed E-state index contributed by atoms with van der Waals surface area (Å²) in [7, 11) is 0. The average molecular weight is 263 g/mol. The van der Waals surface area contributed by atoms with Crippen LogP contribution in [0.15, 0.2) is 12.4 Å². The molecule has 1 unspecified atom stereocenters. The summed E-state index contributed by atoms with van der Waals surface area (Å²) in [5.74, 6) is 0.943. The van der Waals surface area contributed by atoms with E-state index in [2.05, 4.69) is 28.7 Å². The zero-order chi connectivity index (χ0) is 13.8. The van der Waals surface area contributed by atoms with Crippen LogP contribution in [0.2, 0.25) is 0 Å². The van der Waals surface area contributed by atoms with Crippen molar-refractivity contribution < 1.29 is 9.90 Å². The lowest BCUT2D eigenvalue weighted by molar-refractivity contribution is -0.137. The molecule has 1 saturated heterocycles. The Balaban J connectivity index is 1.91. The van der Waals surface area contributed by atoms with Gasteiger partial charge in [0, 0.05) is 31.9 Å².